The normalized spacial score (nSPS) is 25.8. The summed E-state index contributed by atoms with van der Waals surface area (Å²) in [7, 11) is 0. The van der Waals surface area contributed by atoms with Crippen molar-refractivity contribution in [2.45, 2.75) is 44.3 Å². The molecule has 2 aliphatic carbocycles. The number of hydrogen-bond donors (Lipinski definition) is 1. The fourth-order valence-electron chi connectivity index (χ4n) is 4.20. The molecule has 0 radical (unpaired) electrons. The Morgan fingerprint density at radius 3 is 2.19 bits per heavy atom. The van der Waals surface area contributed by atoms with Crippen molar-refractivity contribution in [2.24, 2.45) is 11.8 Å². The highest BCUT2D eigenvalue weighted by Gasteiger charge is 2.56. The number of rotatable bonds is 4. The lowest BCUT2D eigenvalue weighted by molar-refractivity contribution is -0.117. The second-order valence-corrected chi connectivity index (χ2v) is 9.40. The summed E-state index contributed by atoms with van der Waals surface area (Å²) in [6.07, 6.45) is 7.41. The number of nitrogens with zero attached hydrogens (tertiary/aromatic N) is 1. The van der Waals surface area contributed by atoms with Gasteiger partial charge in [0.2, 0.25) is 6.41 Å². The van der Waals surface area contributed by atoms with Crippen molar-refractivity contribution >= 4 is 18.4 Å². The zero-order chi connectivity index (χ0) is 23.1. The number of fused-ring (bicyclic) bond motifs is 1. The molecular weight excluding hydrogens is 433 g/mol. The first kappa shape index (κ1) is 24.6. The van der Waals surface area contributed by atoms with Gasteiger partial charge in [-0.05, 0) is 42.7 Å². The average molecular weight is 465 g/mol. The fourth-order valence-corrected chi connectivity index (χ4v) is 4.80. The van der Waals surface area contributed by atoms with E-state index in [0.29, 0.717) is 12.1 Å². The number of likely N-dealkylation sites (tertiary alicyclic amines) is 1. The van der Waals surface area contributed by atoms with Gasteiger partial charge >= 0.3 is 0 Å². The van der Waals surface area contributed by atoms with Gasteiger partial charge < -0.3 is 4.90 Å². The molecule has 0 bridgehead atoms. The van der Waals surface area contributed by atoms with Crippen LogP contribution in [-0.2, 0) is 4.79 Å². The number of carbonyl (C=O) groups is 1. The van der Waals surface area contributed by atoms with Crippen molar-refractivity contribution in [3.8, 4) is 11.1 Å². The number of amides is 1. The average Bonchev–Trinajstić information content (AvgIpc) is 3.41. The Morgan fingerprint density at radius 1 is 1.03 bits per heavy atom. The second-order valence-electron chi connectivity index (χ2n) is 8.76. The number of alkyl halides is 1. The van der Waals surface area contributed by atoms with Gasteiger partial charge in [0, 0.05) is 12.5 Å². The van der Waals surface area contributed by atoms with Crippen molar-refractivity contribution < 1.29 is 18.0 Å². The predicted octanol–water partition coefficient (Wildman–Crippen LogP) is 5.86. The van der Waals surface area contributed by atoms with Gasteiger partial charge in [0.15, 0.2) is 0 Å². The summed E-state index contributed by atoms with van der Waals surface area (Å²) in [4.78, 5) is 12.1. The van der Waals surface area contributed by atoms with Gasteiger partial charge in [-0.15, -0.1) is 0 Å². The van der Waals surface area contributed by atoms with Gasteiger partial charge in [-0.2, -0.15) is 0 Å². The van der Waals surface area contributed by atoms with Crippen LogP contribution < -0.4 is 4.72 Å². The minimum atomic E-state index is -1.19. The Hall–Kier alpha value is -1.99. The maximum Gasteiger partial charge on any atom is 0.209 e. The van der Waals surface area contributed by atoms with Crippen molar-refractivity contribution in [1.29, 1.82) is 0 Å². The summed E-state index contributed by atoms with van der Waals surface area (Å²) < 4.78 is 44.2. The Balaban J connectivity index is 0.000000154. The van der Waals surface area contributed by atoms with Crippen molar-refractivity contribution in [3.63, 3.8) is 0 Å². The first-order valence-corrected chi connectivity index (χ1v) is 12.3. The summed E-state index contributed by atoms with van der Waals surface area (Å²) in [5.74, 6) is 0.0600. The Labute approximate surface area is 192 Å². The molecule has 7 heteroatoms. The standard InChI is InChI=1S/C12H8F2.C9H15FN2OS.C4H8/c13-10-7-4-8-11(14)12(10)9-5-2-1-3-6-9;1-14-11-8-3-2-7-4-12(6-13)5-9(7,8)10;1-4-2-3-4/h1-8H;6-8,11H,2-5H2,1H3;4H,2-3H2,1H3. The van der Waals surface area contributed by atoms with Gasteiger partial charge in [-0.25, -0.2) is 13.2 Å². The summed E-state index contributed by atoms with van der Waals surface area (Å²) in [6, 6.07) is 12.5. The zero-order valence-corrected chi connectivity index (χ0v) is 19.4. The molecule has 1 N–H and O–H groups in total. The van der Waals surface area contributed by atoms with Gasteiger partial charge in [-0.1, -0.05) is 68.1 Å². The lowest BCUT2D eigenvalue weighted by atomic mass is 9.94. The summed E-state index contributed by atoms with van der Waals surface area (Å²) in [5, 5.41) is 0. The topological polar surface area (TPSA) is 32.3 Å². The van der Waals surface area contributed by atoms with Crippen LogP contribution in [0.25, 0.3) is 11.1 Å². The highest BCUT2D eigenvalue weighted by atomic mass is 32.2. The van der Waals surface area contributed by atoms with E-state index in [0.717, 1.165) is 25.2 Å². The maximum atomic E-state index is 14.5. The van der Waals surface area contributed by atoms with Crippen molar-refractivity contribution in [1.82, 2.24) is 9.62 Å². The van der Waals surface area contributed by atoms with Gasteiger partial charge in [0.05, 0.1) is 18.2 Å². The minimum Gasteiger partial charge on any atom is -0.342 e. The first-order valence-electron chi connectivity index (χ1n) is 11.0. The fraction of sp³-hybridized carbons (Fsp3) is 0.480. The third-order valence-corrected chi connectivity index (χ3v) is 6.78. The molecule has 0 aromatic heterocycles. The third-order valence-electron chi connectivity index (χ3n) is 6.26. The van der Waals surface area contributed by atoms with E-state index in [1.54, 1.807) is 29.2 Å². The molecule has 3 unspecified atom stereocenters. The molecule has 2 aromatic rings. The van der Waals surface area contributed by atoms with Crippen molar-refractivity contribution in [3.05, 3.63) is 60.2 Å². The smallest absolute Gasteiger partial charge is 0.209 e. The van der Waals surface area contributed by atoms with Gasteiger partial charge in [0.25, 0.3) is 0 Å². The molecule has 1 saturated heterocycles. The van der Waals surface area contributed by atoms with E-state index in [-0.39, 0.29) is 24.1 Å². The van der Waals surface area contributed by atoms with Crippen LogP contribution in [0.2, 0.25) is 0 Å². The third kappa shape index (κ3) is 6.07. The van der Waals surface area contributed by atoms with E-state index in [2.05, 4.69) is 11.6 Å². The van der Waals surface area contributed by atoms with Gasteiger partial charge in [-0.3, -0.25) is 9.52 Å². The van der Waals surface area contributed by atoms with E-state index in [9.17, 15) is 18.0 Å². The molecular formula is C25H31F3N2OS. The maximum absolute atomic E-state index is 14.5. The molecule has 1 heterocycles. The van der Waals surface area contributed by atoms with Crippen LogP contribution in [0.4, 0.5) is 13.2 Å². The largest absolute Gasteiger partial charge is 0.342 e. The predicted molar refractivity (Wildman–Crippen MR) is 125 cm³/mol. The van der Waals surface area contributed by atoms with Crippen LogP contribution in [-0.4, -0.2) is 42.4 Å². The SMILES string of the molecule is CC1CC1.CSNC1CCC2CN(C=O)CC21F.Fc1cccc(F)c1-c1ccccc1. The molecule has 5 rings (SSSR count). The molecule has 3 aliphatic rings. The molecule has 3 atom stereocenters. The summed E-state index contributed by atoms with van der Waals surface area (Å²) >= 11 is 1.46. The van der Waals surface area contributed by atoms with Crippen LogP contribution in [0, 0.1) is 23.5 Å². The van der Waals surface area contributed by atoms with Crippen LogP contribution >= 0.6 is 11.9 Å². The second kappa shape index (κ2) is 11.2. The van der Waals surface area contributed by atoms with E-state index in [1.165, 1.54) is 43.0 Å². The number of hydrogen-bond acceptors (Lipinski definition) is 3. The lowest BCUT2D eigenvalue weighted by Gasteiger charge is -2.26. The highest BCUT2D eigenvalue weighted by Crippen LogP contribution is 2.44. The molecule has 1 amide bonds. The van der Waals surface area contributed by atoms with E-state index in [4.69, 9.17) is 0 Å². The number of halogens is 3. The van der Waals surface area contributed by atoms with Crippen LogP contribution in [0.3, 0.4) is 0 Å². The molecule has 0 spiro atoms. The molecule has 174 valence electrons. The minimum absolute atomic E-state index is 0.0353. The molecule has 2 aromatic carbocycles. The van der Waals surface area contributed by atoms with E-state index in [1.807, 2.05) is 12.3 Å². The molecule has 1 aliphatic heterocycles. The zero-order valence-electron chi connectivity index (χ0n) is 18.6. The van der Waals surface area contributed by atoms with Crippen molar-refractivity contribution in [2.75, 3.05) is 19.3 Å². The monoisotopic (exact) mass is 464 g/mol. The molecule has 32 heavy (non-hydrogen) atoms. The van der Waals surface area contributed by atoms with Crippen LogP contribution in [0.15, 0.2) is 48.5 Å². The van der Waals surface area contributed by atoms with E-state index < -0.39 is 17.3 Å². The summed E-state index contributed by atoms with van der Waals surface area (Å²) in [6.45, 7) is 3.13. The van der Waals surface area contributed by atoms with E-state index >= 15 is 0 Å². The van der Waals surface area contributed by atoms with Gasteiger partial charge in [0.1, 0.15) is 17.3 Å². The first-order chi connectivity index (χ1) is 15.4. The Bertz CT molecular complexity index is 858. The number of nitrogens with one attached hydrogen (secondary N) is 1. The Kier molecular flexibility index (Phi) is 8.65. The Morgan fingerprint density at radius 2 is 1.66 bits per heavy atom. The number of benzene rings is 2. The quantitative estimate of drug-likeness (QED) is 0.454. The molecule has 3 fully saturated rings. The molecule has 3 nitrogen and oxygen atoms in total. The van der Waals surface area contributed by atoms with Crippen LogP contribution in [0.5, 0.6) is 0 Å². The highest BCUT2D eigenvalue weighted by molar-refractivity contribution is 7.96. The lowest BCUT2D eigenvalue weighted by Crippen LogP contribution is -2.45. The summed E-state index contributed by atoms with van der Waals surface area (Å²) in [5.41, 5.74) is -0.597. The van der Waals surface area contributed by atoms with Crippen LogP contribution in [0.1, 0.15) is 32.6 Å². The number of carbonyl (C=O) groups excluding carboxylic acids is 1. The molecule has 2 saturated carbocycles.